The molecule has 0 fully saturated rings. The van der Waals surface area contributed by atoms with Gasteiger partial charge in [0, 0.05) is 38.2 Å². The minimum absolute atomic E-state index is 0.283. The molecule has 1 aliphatic heterocycles. The highest BCUT2D eigenvalue weighted by Crippen LogP contribution is 2.43. The van der Waals surface area contributed by atoms with Crippen molar-refractivity contribution in [3.63, 3.8) is 0 Å². The van der Waals surface area contributed by atoms with Crippen LogP contribution in [0.1, 0.15) is 17.3 Å². The molecule has 4 heteroatoms. The predicted molar refractivity (Wildman–Crippen MR) is 235 cm³/mol. The zero-order valence-corrected chi connectivity index (χ0v) is 30.4. The molecular weight excluding hydrogens is 681 g/mol. The van der Waals surface area contributed by atoms with Gasteiger partial charge < -0.3 is 9.88 Å². The fraction of sp³-hybridized carbons (Fsp3) is 0.0192. The number of rotatable bonds is 3. The number of aromatic nitrogens is 2. The van der Waals surface area contributed by atoms with Crippen LogP contribution in [-0.2, 0) is 0 Å². The molecule has 3 heterocycles. The molecular formula is C52H34N4. The van der Waals surface area contributed by atoms with Crippen LogP contribution in [0.3, 0.4) is 0 Å². The van der Waals surface area contributed by atoms with Gasteiger partial charge in [-0.15, -0.1) is 0 Å². The Morgan fingerprint density at radius 3 is 1.93 bits per heavy atom. The summed E-state index contributed by atoms with van der Waals surface area (Å²) in [6, 6.07) is 70.3. The number of anilines is 1. The van der Waals surface area contributed by atoms with Gasteiger partial charge in [0.1, 0.15) is 12.0 Å². The summed E-state index contributed by atoms with van der Waals surface area (Å²) in [4.78, 5) is 5.63. The lowest BCUT2D eigenvalue weighted by Gasteiger charge is -2.28. The molecule has 262 valence electrons. The third kappa shape index (κ3) is 4.56. The number of para-hydroxylation sites is 3. The van der Waals surface area contributed by atoms with Crippen molar-refractivity contribution in [2.75, 3.05) is 5.32 Å². The van der Waals surface area contributed by atoms with E-state index in [-0.39, 0.29) is 6.17 Å². The second-order valence-corrected chi connectivity index (χ2v) is 14.8. The summed E-state index contributed by atoms with van der Waals surface area (Å²) >= 11 is 0. The van der Waals surface area contributed by atoms with Gasteiger partial charge in [-0.2, -0.15) is 0 Å². The number of nitrogens with one attached hydrogen (secondary N) is 1. The van der Waals surface area contributed by atoms with E-state index in [1.54, 1.807) is 0 Å². The van der Waals surface area contributed by atoms with E-state index in [2.05, 4.69) is 209 Å². The molecule has 1 N–H and O–H groups in total. The highest BCUT2D eigenvalue weighted by atomic mass is 15.2. The molecule has 1 unspecified atom stereocenters. The molecule has 1 atom stereocenters. The van der Waals surface area contributed by atoms with Crippen LogP contribution in [0.4, 0.5) is 5.69 Å². The summed E-state index contributed by atoms with van der Waals surface area (Å²) in [5.41, 5.74) is 11.5. The standard InChI is InChI=1S/C52H34N4/c1-2-16-38(17-3-1)55-45-22-10-8-19-41(45)42-29-28-36(32-48(42)55)39-21-12-24-47-49(39)43-20-9-11-23-46(43)56(47)52-44-30-27-34-14-6-7-18-40(34)50(44)53-51(54-52)37-26-25-33-13-4-5-15-35(33)31-37/h1-32,51,53H. The predicted octanol–water partition coefficient (Wildman–Crippen LogP) is 13.3. The van der Waals surface area contributed by atoms with Crippen LogP contribution in [0.2, 0.25) is 0 Å². The smallest absolute Gasteiger partial charge is 0.147 e. The molecule has 0 saturated carbocycles. The fourth-order valence-corrected chi connectivity index (χ4v) is 9.17. The second-order valence-electron chi connectivity index (χ2n) is 14.8. The molecule has 56 heavy (non-hydrogen) atoms. The Morgan fingerprint density at radius 1 is 0.411 bits per heavy atom. The van der Waals surface area contributed by atoms with Gasteiger partial charge in [-0.3, -0.25) is 4.57 Å². The Morgan fingerprint density at radius 2 is 1.07 bits per heavy atom. The van der Waals surface area contributed by atoms with Gasteiger partial charge in [-0.25, -0.2) is 4.99 Å². The monoisotopic (exact) mass is 714 g/mol. The van der Waals surface area contributed by atoms with Gasteiger partial charge in [-0.05, 0) is 81.4 Å². The van der Waals surface area contributed by atoms with E-state index in [4.69, 9.17) is 4.99 Å². The Kier molecular flexibility index (Phi) is 6.66. The minimum atomic E-state index is -0.283. The summed E-state index contributed by atoms with van der Waals surface area (Å²) < 4.78 is 4.80. The zero-order chi connectivity index (χ0) is 36.7. The van der Waals surface area contributed by atoms with E-state index in [1.165, 1.54) is 65.3 Å². The van der Waals surface area contributed by atoms with Gasteiger partial charge in [0.15, 0.2) is 0 Å². The molecule has 9 aromatic carbocycles. The molecule has 0 radical (unpaired) electrons. The second kappa shape index (κ2) is 12.0. The number of aliphatic imine (C=N–C) groups is 1. The number of hydrogen-bond acceptors (Lipinski definition) is 2. The van der Waals surface area contributed by atoms with E-state index >= 15 is 0 Å². The summed E-state index contributed by atoms with van der Waals surface area (Å²) in [6.45, 7) is 0. The van der Waals surface area contributed by atoms with Crippen molar-refractivity contribution < 1.29 is 0 Å². The lowest BCUT2D eigenvalue weighted by atomic mass is 9.98. The highest BCUT2D eigenvalue weighted by Gasteiger charge is 2.28. The van der Waals surface area contributed by atoms with Crippen molar-refractivity contribution in [1.29, 1.82) is 0 Å². The molecule has 1 aliphatic rings. The molecule has 0 aliphatic carbocycles. The van der Waals surface area contributed by atoms with Crippen molar-refractivity contribution in [1.82, 2.24) is 9.13 Å². The molecule has 12 rings (SSSR count). The van der Waals surface area contributed by atoms with Gasteiger partial charge >= 0.3 is 0 Å². The first kappa shape index (κ1) is 31.0. The number of benzene rings is 9. The summed E-state index contributed by atoms with van der Waals surface area (Å²) in [5, 5.41) is 13.6. The lowest BCUT2D eigenvalue weighted by molar-refractivity contribution is 0.822. The lowest BCUT2D eigenvalue weighted by Crippen LogP contribution is -2.25. The van der Waals surface area contributed by atoms with Crippen LogP contribution in [0.5, 0.6) is 0 Å². The van der Waals surface area contributed by atoms with Gasteiger partial charge in [0.25, 0.3) is 0 Å². The van der Waals surface area contributed by atoms with E-state index in [9.17, 15) is 0 Å². The van der Waals surface area contributed by atoms with Gasteiger partial charge in [0.05, 0.1) is 27.8 Å². The van der Waals surface area contributed by atoms with Crippen molar-refractivity contribution in [3.05, 3.63) is 205 Å². The topological polar surface area (TPSA) is 34.2 Å². The summed E-state index contributed by atoms with van der Waals surface area (Å²) in [6.07, 6.45) is -0.283. The zero-order valence-electron chi connectivity index (χ0n) is 30.4. The van der Waals surface area contributed by atoms with E-state index in [0.29, 0.717) is 0 Å². The Hall–Kier alpha value is -7.43. The number of hydrogen-bond donors (Lipinski definition) is 1. The average molecular weight is 715 g/mol. The average Bonchev–Trinajstić information content (AvgIpc) is 3.78. The largest absolute Gasteiger partial charge is 0.359 e. The Bertz CT molecular complexity index is 3400. The van der Waals surface area contributed by atoms with Gasteiger partial charge in [-0.1, -0.05) is 146 Å². The van der Waals surface area contributed by atoms with Crippen molar-refractivity contribution in [2.24, 2.45) is 4.99 Å². The normalized spacial score (nSPS) is 14.1. The van der Waals surface area contributed by atoms with Crippen molar-refractivity contribution >= 4 is 76.7 Å². The maximum absolute atomic E-state index is 5.63. The summed E-state index contributed by atoms with van der Waals surface area (Å²) in [7, 11) is 0. The molecule has 0 bridgehead atoms. The van der Waals surface area contributed by atoms with E-state index in [1.807, 2.05) is 0 Å². The van der Waals surface area contributed by atoms with E-state index < -0.39 is 0 Å². The third-order valence-electron chi connectivity index (χ3n) is 11.7. The number of fused-ring (bicyclic) bond motifs is 10. The van der Waals surface area contributed by atoms with Crippen LogP contribution in [-0.4, -0.2) is 15.0 Å². The van der Waals surface area contributed by atoms with E-state index in [0.717, 1.165) is 39.4 Å². The van der Waals surface area contributed by atoms with Crippen LogP contribution in [0.15, 0.2) is 199 Å². The molecule has 0 saturated heterocycles. The molecule has 0 amide bonds. The Labute approximate surface area is 323 Å². The van der Waals surface area contributed by atoms with Gasteiger partial charge in [0.2, 0.25) is 0 Å². The highest BCUT2D eigenvalue weighted by molar-refractivity contribution is 6.24. The van der Waals surface area contributed by atoms with Crippen LogP contribution >= 0.6 is 0 Å². The minimum Gasteiger partial charge on any atom is -0.359 e. The number of nitrogens with zero attached hydrogens (tertiary/aromatic N) is 3. The maximum Gasteiger partial charge on any atom is 0.147 e. The molecule has 0 spiro atoms. The molecule has 4 nitrogen and oxygen atoms in total. The van der Waals surface area contributed by atoms with Crippen molar-refractivity contribution in [3.8, 4) is 16.8 Å². The maximum atomic E-state index is 5.63. The molecule has 2 aromatic heterocycles. The Balaban J connectivity index is 1.12. The van der Waals surface area contributed by atoms with Crippen LogP contribution in [0, 0.1) is 0 Å². The first-order valence-corrected chi connectivity index (χ1v) is 19.3. The quantitative estimate of drug-likeness (QED) is 0.194. The third-order valence-corrected chi connectivity index (χ3v) is 11.7. The van der Waals surface area contributed by atoms with Crippen LogP contribution in [0.25, 0.3) is 82.0 Å². The summed E-state index contributed by atoms with van der Waals surface area (Å²) in [5.74, 6) is 0.936. The van der Waals surface area contributed by atoms with Crippen molar-refractivity contribution in [2.45, 2.75) is 6.17 Å². The fourth-order valence-electron chi connectivity index (χ4n) is 9.17. The SMILES string of the molecule is c1ccc(-n2c3ccccc3c3ccc(-c4cccc5c4c4ccccc4n5C4=NC(c5ccc6ccccc6c5)Nc5c4ccc4ccccc54)cc32)cc1. The first-order chi connectivity index (χ1) is 27.8. The first-order valence-electron chi connectivity index (χ1n) is 19.3. The van der Waals surface area contributed by atoms with Crippen LogP contribution < -0.4 is 5.32 Å². The molecule has 11 aromatic rings.